The summed E-state index contributed by atoms with van der Waals surface area (Å²) in [7, 11) is 0. The van der Waals surface area contributed by atoms with Gasteiger partial charge in [-0.05, 0) is 18.2 Å². The highest BCUT2D eigenvalue weighted by Gasteiger charge is 2.36. The second kappa shape index (κ2) is 6.25. The largest absolute Gasteiger partial charge is 0.431 e. The predicted molar refractivity (Wildman–Crippen MR) is 73.7 cm³/mol. The maximum absolute atomic E-state index is 13.0. The molecule has 2 nitrogen and oxygen atoms in total. The first-order chi connectivity index (χ1) is 10.2. The van der Waals surface area contributed by atoms with Crippen LogP contribution in [0.2, 0.25) is 0 Å². The van der Waals surface area contributed by atoms with E-state index in [-0.39, 0.29) is 0 Å². The van der Waals surface area contributed by atoms with Crippen LogP contribution < -0.4 is 5.32 Å². The molecule has 0 aliphatic heterocycles. The van der Waals surface area contributed by atoms with Crippen molar-refractivity contribution in [1.82, 2.24) is 0 Å². The number of allylic oxidation sites excluding steroid dienone is 2. The number of alkyl halides is 6. The van der Waals surface area contributed by atoms with Gasteiger partial charge in [0.05, 0.1) is 5.56 Å². The standard InChI is InChI=1S/C15H15F6NO/c1-13(2,3)12(23)8-11(15(19,20)21)22-10-6-4-5-9(7-10)14(16,17)18/h4-8,22H,1-3H3/b11-8+. The van der Waals surface area contributed by atoms with Crippen LogP contribution in [-0.2, 0) is 11.0 Å². The number of carbonyl (C=O) groups is 1. The topological polar surface area (TPSA) is 29.1 Å². The smallest absolute Gasteiger partial charge is 0.351 e. The van der Waals surface area contributed by atoms with Crippen molar-refractivity contribution in [3.8, 4) is 0 Å². The van der Waals surface area contributed by atoms with Gasteiger partial charge in [-0.1, -0.05) is 26.8 Å². The van der Waals surface area contributed by atoms with E-state index in [1.165, 1.54) is 20.8 Å². The van der Waals surface area contributed by atoms with E-state index < -0.39 is 40.5 Å². The summed E-state index contributed by atoms with van der Waals surface area (Å²) in [6, 6.07) is 3.31. The van der Waals surface area contributed by atoms with Crippen LogP contribution in [0.15, 0.2) is 36.0 Å². The van der Waals surface area contributed by atoms with Crippen LogP contribution >= 0.6 is 0 Å². The molecule has 8 heteroatoms. The Bertz CT molecular complexity index is 608. The Kier molecular flexibility index (Phi) is 5.18. The third-order valence-electron chi connectivity index (χ3n) is 2.79. The highest BCUT2D eigenvalue weighted by molar-refractivity contribution is 5.95. The van der Waals surface area contributed by atoms with E-state index in [1.54, 1.807) is 0 Å². The van der Waals surface area contributed by atoms with Crippen molar-refractivity contribution in [3.05, 3.63) is 41.6 Å². The third kappa shape index (κ3) is 5.61. The summed E-state index contributed by atoms with van der Waals surface area (Å²) in [5, 5.41) is 1.85. The molecule has 0 aliphatic carbocycles. The quantitative estimate of drug-likeness (QED) is 0.607. The Morgan fingerprint density at radius 1 is 1.04 bits per heavy atom. The summed E-state index contributed by atoms with van der Waals surface area (Å²) >= 11 is 0. The fourth-order valence-electron chi connectivity index (χ4n) is 1.47. The molecule has 23 heavy (non-hydrogen) atoms. The summed E-state index contributed by atoms with van der Waals surface area (Å²) in [5.74, 6) is -0.802. The van der Waals surface area contributed by atoms with Crippen LogP contribution in [0.1, 0.15) is 26.3 Å². The molecule has 0 saturated carbocycles. The maximum Gasteiger partial charge on any atom is 0.431 e. The van der Waals surface area contributed by atoms with Crippen LogP contribution in [0.3, 0.4) is 0 Å². The molecule has 0 bridgehead atoms. The molecule has 0 amide bonds. The van der Waals surface area contributed by atoms with Gasteiger partial charge < -0.3 is 5.32 Å². The Morgan fingerprint density at radius 2 is 1.61 bits per heavy atom. The molecule has 0 fully saturated rings. The summed E-state index contributed by atoms with van der Waals surface area (Å²) in [5.41, 5.74) is -3.97. The van der Waals surface area contributed by atoms with E-state index in [0.717, 1.165) is 18.2 Å². The van der Waals surface area contributed by atoms with E-state index in [0.29, 0.717) is 12.1 Å². The molecular weight excluding hydrogens is 324 g/mol. The maximum atomic E-state index is 13.0. The minimum absolute atomic E-state index is 0.361. The minimum Gasteiger partial charge on any atom is -0.351 e. The molecule has 0 radical (unpaired) electrons. The van der Waals surface area contributed by atoms with Crippen LogP contribution in [0.25, 0.3) is 0 Å². The number of carbonyl (C=O) groups excluding carboxylic acids is 1. The average Bonchev–Trinajstić information content (AvgIpc) is 2.35. The third-order valence-corrected chi connectivity index (χ3v) is 2.79. The molecule has 0 aromatic heterocycles. The first-order valence-electron chi connectivity index (χ1n) is 6.49. The highest BCUT2D eigenvalue weighted by atomic mass is 19.4. The van der Waals surface area contributed by atoms with E-state index in [9.17, 15) is 31.1 Å². The molecule has 1 aromatic rings. The summed E-state index contributed by atoms with van der Waals surface area (Å²) in [4.78, 5) is 11.7. The van der Waals surface area contributed by atoms with Crippen molar-refractivity contribution in [2.75, 3.05) is 5.32 Å². The van der Waals surface area contributed by atoms with Gasteiger partial charge in [0.2, 0.25) is 0 Å². The normalized spacial score (nSPS) is 13.9. The molecule has 1 aromatic carbocycles. The number of hydrogen-bond donors (Lipinski definition) is 1. The number of nitrogens with one attached hydrogen (secondary N) is 1. The van der Waals surface area contributed by atoms with Gasteiger partial charge in [-0.15, -0.1) is 0 Å². The first-order valence-corrected chi connectivity index (χ1v) is 6.49. The zero-order valence-corrected chi connectivity index (χ0v) is 12.6. The van der Waals surface area contributed by atoms with Crippen LogP contribution in [0.4, 0.5) is 32.0 Å². The fourth-order valence-corrected chi connectivity index (χ4v) is 1.47. The van der Waals surface area contributed by atoms with Crippen molar-refractivity contribution in [2.45, 2.75) is 33.1 Å². The zero-order chi connectivity index (χ0) is 18.1. The first kappa shape index (κ1) is 19.1. The monoisotopic (exact) mass is 339 g/mol. The highest BCUT2D eigenvalue weighted by Crippen LogP contribution is 2.33. The average molecular weight is 339 g/mol. The molecular formula is C15H15F6NO. The van der Waals surface area contributed by atoms with Crippen LogP contribution in [0, 0.1) is 5.41 Å². The van der Waals surface area contributed by atoms with Crippen molar-refractivity contribution in [1.29, 1.82) is 0 Å². The molecule has 0 spiro atoms. The summed E-state index contributed by atoms with van der Waals surface area (Å²) in [6.07, 6.45) is -9.23. The molecule has 1 N–H and O–H groups in total. The lowest BCUT2D eigenvalue weighted by Gasteiger charge is -2.18. The minimum atomic E-state index is -4.91. The lowest BCUT2D eigenvalue weighted by atomic mass is 9.90. The number of ketones is 1. The van der Waals surface area contributed by atoms with Gasteiger partial charge >= 0.3 is 12.4 Å². The fraction of sp³-hybridized carbons (Fsp3) is 0.400. The number of anilines is 1. The second-order valence-corrected chi connectivity index (χ2v) is 5.87. The summed E-state index contributed by atoms with van der Waals surface area (Å²) in [6.45, 7) is 4.30. The van der Waals surface area contributed by atoms with Gasteiger partial charge in [-0.3, -0.25) is 4.79 Å². The van der Waals surface area contributed by atoms with E-state index in [4.69, 9.17) is 0 Å². The summed E-state index contributed by atoms with van der Waals surface area (Å²) < 4.78 is 76.7. The molecule has 0 unspecified atom stereocenters. The predicted octanol–water partition coefficient (Wildman–Crippen LogP) is 5.18. The van der Waals surface area contributed by atoms with Crippen molar-refractivity contribution in [3.63, 3.8) is 0 Å². The van der Waals surface area contributed by atoms with Crippen LogP contribution in [-0.4, -0.2) is 12.0 Å². The van der Waals surface area contributed by atoms with Crippen LogP contribution in [0.5, 0.6) is 0 Å². The number of hydrogen-bond acceptors (Lipinski definition) is 2. The van der Waals surface area contributed by atoms with Crippen molar-refractivity contribution < 1.29 is 31.1 Å². The molecule has 1 rings (SSSR count). The zero-order valence-electron chi connectivity index (χ0n) is 12.6. The van der Waals surface area contributed by atoms with Gasteiger partial charge in [-0.25, -0.2) is 0 Å². The lowest BCUT2D eigenvalue weighted by Crippen LogP contribution is -2.24. The van der Waals surface area contributed by atoms with Crippen molar-refractivity contribution in [2.24, 2.45) is 5.41 Å². The SMILES string of the molecule is CC(C)(C)C(=O)/C=C(/Nc1cccc(C(F)(F)F)c1)C(F)(F)F. The number of benzene rings is 1. The molecule has 0 heterocycles. The van der Waals surface area contributed by atoms with E-state index in [2.05, 4.69) is 0 Å². The number of halogens is 6. The number of rotatable bonds is 3. The Balaban J connectivity index is 3.19. The Labute approximate surface area is 129 Å². The Hall–Kier alpha value is -1.99. The molecule has 0 saturated heterocycles. The molecule has 128 valence electrons. The second-order valence-electron chi connectivity index (χ2n) is 5.87. The van der Waals surface area contributed by atoms with E-state index in [1.807, 2.05) is 5.32 Å². The van der Waals surface area contributed by atoms with Gasteiger partial charge in [0, 0.05) is 17.2 Å². The Morgan fingerprint density at radius 3 is 2.04 bits per heavy atom. The molecule has 0 atom stereocenters. The molecule has 0 aliphatic rings. The van der Waals surface area contributed by atoms with Crippen molar-refractivity contribution >= 4 is 11.5 Å². The lowest BCUT2D eigenvalue weighted by molar-refractivity contribution is -0.137. The van der Waals surface area contributed by atoms with Gasteiger partial charge in [-0.2, -0.15) is 26.3 Å². The van der Waals surface area contributed by atoms with Gasteiger partial charge in [0.15, 0.2) is 5.78 Å². The van der Waals surface area contributed by atoms with E-state index >= 15 is 0 Å². The van der Waals surface area contributed by atoms with Gasteiger partial charge in [0.25, 0.3) is 0 Å². The van der Waals surface area contributed by atoms with Gasteiger partial charge in [0.1, 0.15) is 5.70 Å².